The van der Waals surface area contributed by atoms with Crippen molar-refractivity contribution < 1.29 is 4.74 Å². The maximum atomic E-state index is 5.91. The summed E-state index contributed by atoms with van der Waals surface area (Å²) in [5.74, 6) is 2.04. The van der Waals surface area contributed by atoms with Crippen molar-refractivity contribution in [3.63, 3.8) is 0 Å². The SMILES string of the molecule is C=C1Oc2ccc3ccccc3c2C1Cc1ccccc1. The van der Waals surface area contributed by atoms with Crippen LogP contribution >= 0.6 is 0 Å². The van der Waals surface area contributed by atoms with E-state index in [1.54, 1.807) is 0 Å². The van der Waals surface area contributed by atoms with Crippen molar-refractivity contribution in [2.45, 2.75) is 12.3 Å². The number of benzene rings is 3. The Labute approximate surface area is 124 Å². The van der Waals surface area contributed by atoms with Crippen LogP contribution in [0, 0.1) is 0 Å². The van der Waals surface area contributed by atoms with E-state index in [0.717, 1.165) is 17.9 Å². The maximum Gasteiger partial charge on any atom is 0.131 e. The summed E-state index contributed by atoms with van der Waals surface area (Å²) < 4.78 is 5.91. The Morgan fingerprint density at radius 2 is 1.62 bits per heavy atom. The smallest absolute Gasteiger partial charge is 0.131 e. The molecule has 0 amide bonds. The van der Waals surface area contributed by atoms with Gasteiger partial charge >= 0.3 is 0 Å². The van der Waals surface area contributed by atoms with Crippen molar-refractivity contribution >= 4 is 10.8 Å². The minimum Gasteiger partial charge on any atom is -0.461 e. The van der Waals surface area contributed by atoms with Crippen LogP contribution in [0.1, 0.15) is 17.0 Å². The quantitative estimate of drug-likeness (QED) is 0.632. The molecule has 1 atom stereocenters. The summed E-state index contributed by atoms with van der Waals surface area (Å²) >= 11 is 0. The Kier molecular flexibility index (Phi) is 2.78. The van der Waals surface area contributed by atoms with Crippen LogP contribution in [0.3, 0.4) is 0 Å². The third kappa shape index (κ3) is 2.02. The van der Waals surface area contributed by atoms with E-state index in [4.69, 9.17) is 4.74 Å². The Morgan fingerprint density at radius 1 is 0.857 bits per heavy atom. The highest BCUT2D eigenvalue weighted by Gasteiger charge is 2.30. The largest absolute Gasteiger partial charge is 0.461 e. The molecule has 0 aromatic heterocycles. The molecule has 0 spiro atoms. The Bertz CT molecular complexity index is 818. The second-order valence-electron chi connectivity index (χ2n) is 5.51. The molecule has 21 heavy (non-hydrogen) atoms. The second-order valence-corrected chi connectivity index (χ2v) is 5.51. The highest BCUT2D eigenvalue weighted by molar-refractivity contribution is 5.89. The molecular weight excluding hydrogens is 256 g/mol. The first-order valence-electron chi connectivity index (χ1n) is 7.25. The van der Waals surface area contributed by atoms with Gasteiger partial charge in [-0.25, -0.2) is 0 Å². The van der Waals surface area contributed by atoms with Crippen LogP contribution in [0.25, 0.3) is 10.8 Å². The maximum absolute atomic E-state index is 5.91. The standard InChI is InChI=1S/C20H16O/c1-14-18(13-15-7-3-2-4-8-15)20-17-10-6-5-9-16(17)11-12-19(20)21-14/h2-12,18H,1,13H2. The molecule has 102 valence electrons. The summed E-state index contributed by atoms with van der Waals surface area (Å²) in [6, 6.07) is 23.2. The van der Waals surface area contributed by atoms with Crippen LogP contribution < -0.4 is 4.74 Å². The summed E-state index contributed by atoms with van der Waals surface area (Å²) in [7, 11) is 0. The van der Waals surface area contributed by atoms with Gasteiger partial charge in [0.15, 0.2) is 0 Å². The molecule has 1 nitrogen and oxygen atoms in total. The van der Waals surface area contributed by atoms with E-state index in [9.17, 15) is 0 Å². The van der Waals surface area contributed by atoms with E-state index in [1.165, 1.54) is 21.9 Å². The number of hydrogen-bond donors (Lipinski definition) is 0. The van der Waals surface area contributed by atoms with Crippen molar-refractivity contribution in [2.75, 3.05) is 0 Å². The number of rotatable bonds is 2. The number of ether oxygens (including phenoxy) is 1. The lowest BCUT2D eigenvalue weighted by atomic mass is 9.88. The highest BCUT2D eigenvalue weighted by Crippen LogP contribution is 2.45. The van der Waals surface area contributed by atoms with E-state index >= 15 is 0 Å². The van der Waals surface area contributed by atoms with Crippen molar-refractivity contribution in [3.8, 4) is 5.75 Å². The topological polar surface area (TPSA) is 9.23 Å². The molecule has 3 aromatic rings. The number of hydrogen-bond acceptors (Lipinski definition) is 1. The minimum atomic E-state index is 0.230. The van der Waals surface area contributed by atoms with Gasteiger partial charge in [0.2, 0.25) is 0 Å². The van der Waals surface area contributed by atoms with E-state index in [0.29, 0.717) is 0 Å². The molecule has 1 aliphatic rings. The molecule has 1 heterocycles. The van der Waals surface area contributed by atoms with Gasteiger partial charge in [0.25, 0.3) is 0 Å². The van der Waals surface area contributed by atoms with Crippen molar-refractivity contribution in [3.05, 3.63) is 90.2 Å². The van der Waals surface area contributed by atoms with E-state index in [1.807, 2.05) is 6.07 Å². The predicted molar refractivity (Wildman–Crippen MR) is 86.6 cm³/mol. The summed E-state index contributed by atoms with van der Waals surface area (Å²) in [5.41, 5.74) is 2.59. The van der Waals surface area contributed by atoms with Crippen molar-refractivity contribution in [1.29, 1.82) is 0 Å². The molecule has 0 aliphatic carbocycles. The number of allylic oxidation sites excluding steroid dienone is 1. The molecular formula is C20H16O. The molecule has 0 saturated carbocycles. The molecule has 0 saturated heterocycles. The van der Waals surface area contributed by atoms with Crippen LogP contribution in [0.4, 0.5) is 0 Å². The fourth-order valence-electron chi connectivity index (χ4n) is 3.16. The molecule has 0 fully saturated rings. The van der Waals surface area contributed by atoms with Crippen LogP contribution in [0.15, 0.2) is 79.1 Å². The van der Waals surface area contributed by atoms with Gasteiger partial charge in [-0.2, -0.15) is 0 Å². The Morgan fingerprint density at radius 3 is 2.48 bits per heavy atom. The van der Waals surface area contributed by atoms with Crippen LogP contribution in [0.2, 0.25) is 0 Å². The summed E-state index contributed by atoms with van der Waals surface area (Å²) in [4.78, 5) is 0. The van der Waals surface area contributed by atoms with Gasteiger partial charge in [0, 0.05) is 11.5 Å². The Hall–Kier alpha value is -2.54. The Balaban J connectivity index is 1.84. The minimum absolute atomic E-state index is 0.230. The number of fused-ring (bicyclic) bond motifs is 3. The second kappa shape index (κ2) is 4.78. The lowest BCUT2D eigenvalue weighted by molar-refractivity contribution is 0.429. The van der Waals surface area contributed by atoms with Crippen LogP contribution in [0.5, 0.6) is 5.75 Å². The fourth-order valence-corrected chi connectivity index (χ4v) is 3.16. The van der Waals surface area contributed by atoms with Crippen molar-refractivity contribution in [2.24, 2.45) is 0 Å². The van der Waals surface area contributed by atoms with Gasteiger partial charge in [-0.15, -0.1) is 0 Å². The molecule has 0 radical (unpaired) electrons. The zero-order chi connectivity index (χ0) is 14.2. The highest BCUT2D eigenvalue weighted by atomic mass is 16.5. The van der Waals surface area contributed by atoms with Gasteiger partial charge < -0.3 is 4.74 Å². The molecule has 1 aliphatic heterocycles. The third-order valence-electron chi connectivity index (χ3n) is 4.19. The molecule has 3 aromatic carbocycles. The predicted octanol–water partition coefficient (Wildman–Crippen LogP) is 5.07. The molecule has 4 rings (SSSR count). The first-order chi connectivity index (χ1) is 10.3. The molecule has 1 unspecified atom stereocenters. The fraction of sp³-hybridized carbons (Fsp3) is 0.100. The van der Waals surface area contributed by atoms with E-state index in [-0.39, 0.29) is 5.92 Å². The summed E-state index contributed by atoms with van der Waals surface area (Å²) in [6.07, 6.45) is 0.931. The van der Waals surface area contributed by atoms with Gasteiger partial charge in [0.05, 0.1) is 0 Å². The average molecular weight is 272 g/mol. The summed E-state index contributed by atoms with van der Waals surface area (Å²) in [5, 5.41) is 2.53. The first-order valence-corrected chi connectivity index (χ1v) is 7.25. The first kappa shape index (κ1) is 12.2. The average Bonchev–Trinajstić information content (AvgIpc) is 2.85. The molecule has 1 heteroatoms. The van der Waals surface area contributed by atoms with Gasteiger partial charge in [-0.1, -0.05) is 67.2 Å². The van der Waals surface area contributed by atoms with Gasteiger partial charge in [-0.3, -0.25) is 0 Å². The van der Waals surface area contributed by atoms with E-state index in [2.05, 4.69) is 67.2 Å². The van der Waals surface area contributed by atoms with Crippen LogP contribution in [-0.4, -0.2) is 0 Å². The summed E-state index contributed by atoms with van der Waals surface area (Å²) in [6.45, 7) is 4.13. The van der Waals surface area contributed by atoms with Crippen molar-refractivity contribution in [1.82, 2.24) is 0 Å². The molecule has 0 N–H and O–H groups in total. The zero-order valence-corrected chi connectivity index (χ0v) is 11.8. The van der Waals surface area contributed by atoms with Crippen LogP contribution in [-0.2, 0) is 6.42 Å². The third-order valence-corrected chi connectivity index (χ3v) is 4.19. The monoisotopic (exact) mass is 272 g/mol. The lowest BCUT2D eigenvalue weighted by Gasteiger charge is -2.12. The molecule has 0 bridgehead atoms. The zero-order valence-electron chi connectivity index (χ0n) is 11.8. The van der Waals surface area contributed by atoms with Gasteiger partial charge in [0.1, 0.15) is 11.5 Å². The van der Waals surface area contributed by atoms with E-state index < -0.39 is 0 Å². The lowest BCUT2D eigenvalue weighted by Crippen LogP contribution is -2.02. The normalized spacial score (nSPS) is 16.8. The van der Waals surface area contributed by atoms with Gasteiger partial charge in [-0.05, 0) is 28.8 Å².